The maximum Gasteiger partial charge on any atom is 0.358 e. The van der Waals surface area contributed by atoms with Gasteiger partial charge in [-0.25, -0.2) is 27.6 Å². The highest BCUT2D eigenvalue weighted by Crippen LogP contribution is 2.56. The zero-order valence-electron chi connectivity index (χ0n) is 64.7. The van der Waals surface area contributed by atoms with Gasteiger partial charge in [-0.2, -0.15) is 9.36 Å². The van der Waals surface area contributed by atoms with Crippen molar-refractivity contribution in [2.24, 2.45) is 45.9 Å². The van der Waals surface area contributed by atoms with E-state index in [0.717, 1.165) is 90.7 Å². The molecule has 16 heterocycles. The number of carbonyl (C=O) groups is 11. The summed E-state index contributed by atoms with van der Waals surface area (Å²) in [5.74, 6) is -8.29. The molecule has 0 radical (unpaired) electrons. The number of nitrogens with one attached hydrogen (secondary N) is 1. The van der Waals surface area contributed by atoms with E-state index in [1.54, 1.807) is 91.6 Å². The zero-order valence-corrected chi connectivity index (χ0v) is 69.6. The van der Waals surface area contributed by atoms with E-state index in [1.807, 2.05) is 28.1 Å². The maximum atomic E-state index is 13.0. The average molecular weight is 1710 g/mol. The molecule has 0 spiro atoms. The summed E-state index contributed by atoms with van der Waals surface area (Å²) in [5, 5.41) is 87.0. The van der Waals surface area contributed by atoms with Crippen LogP contribution in [0.5, 0.6) is 0 Å². The minimum Gasteiger partial charge on any atom is -0.543 e. The van der Waals surface area contributed by atoms with Gasteiger partial charge in [-0.15, -0.1) is 35.3 Å². The number of β-lactam (4-membered cyclic amide) rings is 5. The summed E-state index contributed by atoms with van der Waals surface area (Å²) in [7, 11) is -3.57. The largest absolute Gasteiger partial charge is 0.543 e. The SMILES string of the molecule is CC(=N)N1CC[C@H](SC2=C(C(=O)O)N3C(=O)[C@H]([C@@H](C)O)[C@H]3C2)C1.CC1(C)[C@H](C(=O)O)N2C(=O)C[C@H]2S1(=O)=O.C[C@@H](O)[C@H]1C(=O)N2C(C(=O)O)=C([C@H]3CCCO3)S[C@H]12.C[C@@H](O)[C@H]1C(=O)N2C(C(=O)OCOC(=O)C(C)(C)C)=C(SC3CN(C4=NCCS4)C3)[C@H](C)[C@H]12.C[C@@H](O)[C@H]1C(=O)N2C(C(=O)[O-])=C(SC3Cn4cnc[n+]4C3)[C@H](C)[C@H]12. The van der Waals surface area contributed by atoms with Gasteiger partial charge in [-0.1, -0.05) is 37.4 Å². The number of amidine groups is 2. The second-order valence-electron chi connectivity index (χ2n) is 32.2. The van der Waals surface area contributed by atoms with E-state index in [1.165, 1.54) is 68.7 Å². The minimum absolute atomic E-state index is 0.0147. The van der Waals surface area contributed by atoms with E-state index < -0.39 is 128 Å². The number of likely N-dealkylation sites (tertiary alicyclic amines) is 2. The van der Waals surface area contributed by atoms with Crippen molar-refractivity contribution in [1.29, 1.82) is 5.41 Å². The molecule has 36 nitrogen and oxygen atoms in total. The van der Waals surface area contributed by atoms with Crippen LogP contribution in [0, 0.1) is 46.3 Å². The number of ether oxygens (including phenoxy) is 3. The summed E-state index contributed by atoms with van der Waals surface area (Å²) < 4.78 is 42.2. The first-order chi connectivity index (χ1) is 53.4. The lowest BCUT2D eigenvalue weighted by Crippen LogP contribution is -2.64. The first-order valence-electron chi connectivity index (χ1n) is 37.6. The Hall–Kier alpha value is -7.29. The number of aliphatic imine (C=N–C) groups is 1. The molecule has 18 atom stereocenters. The molecule has 1 aromatic rings. The Morgan fingerprint density at radius 1 is 0.746 bits per heavy atom. The molecule has 0 aliphatic carbocycles. The van der Waals surface area contributed by atoms with Crippen LogP contribution in [0.25, 0.3) is 0 Å². The fourth-order valence-electron chi connectivity index (χ4n) is 17.2. The number of fused-ring (bicyclic) bond motifs is 6. The third-order valence-corrected chi connectivity index (χ3v) is 32.7. The lowest BCUT2D eigenvalue weighted by Gasteiger charge is -2.47. The minimum atomic E-state index is -3.57. The molecule has 16 rings (SSSR count). The first kappa shape index (κ1) is 86.1. The molecule has 0 bridgehead atoms. The molecule has 624 valence electrons. The summed E-state index contributed by atoms with van der Waals surface area (Å²) in [5.41, 5.74) is -0.373. The highest BCUT2D eigenvalue weighted by atomic mass is 32.2. The quantitative estimate of drug-likeness (QED) is 0.0240. The van der Waals surface area contributed by atoms with Gasteiger partial charge in [-0.05, 0) is 93.5 Å². The number of amides is 5. The molecule has 0 unspecified atom stereocenters. The number of sulfone groups is 1. The van der Waals surface area contributed by atoms with Crippen LogP contribution in [0.3, 0.4) is 0 Å². The predicted molar refractivity (Wildman–Crippen MR) is 410 cm³/mol. The lowest BCUT2D eigenvalue weighted by molar-refractivity contribution is -0.758. The third kappa shape index (κ3) is 15.4. The van der Waals surface area contributed by atoms with E-state index in [2.05, 4.69) is 14.9 Å². The van der Waals surface area contributed by atoms with Gasteiger partial charge in [0, 0.05) is 86.9 Å². The van der Waals surface area contributed by atoms with Gasteiger partial charge in [0.15, 0.2) is 15.0 Å². The molecule has 8 N–H and O–H groups in total. The van der Waals surface area contributed by atoms with Crippen LogP contribution < -0.4 is 9.79 Å². The predicted octanol–water partition coefficient (Wildman–Crippen LogP) is 0.0482. The Morgan fingerprint density at radius 3 is 1.82 bits per heavy atom. The van der Waals surface area contributed by atoms with Crippen molar-refractivity contribution < 1.29 is 121 Å². The van der Waals surface area contributed by atoms with Gasteiger partial charge in [0.25, 0.3) is 0 Å². The van der Waals surface area contributed by atoms with E-state index in [9.17, 15) is 96.9 Å². The van der Waals surface area contributed by atoms with Crippen LogP contribution in [-0.4, -0.2) is 302 Å². The van der Waals surface area contributed by atoms with Crippen LogP contribution in [-0.2, 0) is 89.9 Å². The first-order valence-corrected chi connectivity index (χ1v) is 43.7. The molecule has 42 heteroatoms. The van der Waals surface area contributed by atoms with Crippen molar-refractivity contribution in [3.05, 3.63) is 55.1 Å². The molecule has 114 heavy (non-hydrogen) atoms. The Balaban J connectivity index is 0.000000135. The Labute approximate surface area is 678 Å². The molecule has 0 aromatic carbocycles. The van der Waals surface area contributed by atoms with E-state index >= 15 is 0 Å². The van der Waals surface area contributed by atoms with Crippen molar-refractivity contribution in [1.82, 2.24) is 44.0 Å². The standard InChI is InChI=1S/C22H31N3O6S2.C15H18N4O4S.C15H21N3O4S.C12H15NO5S.C8H11NO5S/c1-11-15-14(12(2)26)18(27)25(15)16(19(28)30-10-31-20(29)22(3,4)5)17(11)33-13-8-24(9-13)21-23-6-7-32-21;1-7-11-10(8(2)20)14(21)19(11)12(15(22)23)13(7)24-9-3-17-5-16-6-18(17)4-9;1-7(19)12-10-5-11(13(15(21)22)18(10)14(12)20)23-9-3-4-17(6-9)8(2)16;1-5(14)7-10(15)13-8(12(16)17)9(19-11(7)13)6-3-2-4-18-6;1-8(2)6(7(11)12)9-4(10)3-5(9)15(8,13)14/h11-15,26H,6-10H2,1-5H3;5-11,20H,3-4H2,1-2H3;7,9-10,12,16,19H,3-6H2,1-2H3,(H,21,22);5-7,11,14H,2-4H2,1H3,(H,16,17);5-6H,3H2,1-2H3,(H,11,12)/t11-,12-,14-,15-;7-,8-,10-,11-;7-,9+,10-,12-;5-,6-,7+,11-;5-,6+/m11111/s1. The molecule has 9 fully saturated rings. The number of aliphatic hydroxyl groups is 4. The van der Waals surface area contributed by atoms with Gasteiger partial charge in [0.05, 0.1) is 125 Å². The molecule has 15 aliphatic rings. The molecule has 1 aromatic heterocycles. The Kier molecular flexibility index (Phi) is 24.8. The molecular formula is C72H96N12O24S6. The molecular weight excluding hydrogens is 1610 g/mol. The topological polar surface area (TPSA) is 495 Å². The van der Waals surface area contributed by atoms with Gasteiger partial charge < -0.3 is 89.3 Å². The summed E-state index contributed by atoms with van der Waals surface area (Å²) in [6.45, 7) is 25.5. The molecule has 0 saturated carbocycles. The van der Waals surface area contributed by atoms with Crippen LogP contribution in [0.2, 0.25) is 0 Å². The third-order valence-electron chi connectivity index (χ3n) is 23.2. The number of carboxylic acid groups (broad SMARTS) is 4. The lowest BCUT2D eigenvalue weighted by atomic mass is 9.79. The number of carboxylic acids is 4. The highest BCUT2D eigenvalue weighted by molar-refractivity contribution is 8.14. The van der Waals surface area contributed by atoms with Gasteiger partial charge in [0.2, 0.25) is 42.7 Å². The number of hydrogen-bond acceptors (Lipinski definition) is 30. The summed E-state index contributed by atoms with van der Waals surface area (Å²) in [4.78, 5) is 153. The second kappa shape index (κ2) is 32.9. The van der Waals surface area contributed by atoms with E-state index in [4.69, 9.17) is 24.7 Å². The summed E-state index contributed by atoms with van der Waals surface area (Å²) in [6, 6.07) is -2.04. The van der Waals surface area contributed by atoms with Crippen LogP contribution in [0.1, 0.15) is 115 Å². The van der Waals surface area contributed by atoms with Crippen LogP contribution in [0.15, 0.2) is 60.1 Å². The Morgan fingerprint density at radius 2 is 1.32 bits per heavy atom. The van der Waals surface area contributed by atoms with Crippen LogP contribution in [0.4, 0.5) is 0 Å². The zero-order chi connectivity index (χ0) is 83.5. The van der Waals surface area contributed by atoms with Crippen molar-refractivity contribution in [3.8, 4) is 0 Å². The second-order valence-corrected chi connectivity index (χ2v) is 41.2. The number of esters is 2. The number of thioether (sulfide) groups is 5. The van der Waals surface area contributed by atoms with Gasteiger partial charge in [0.1, 0.15) is 40.4 Å². The van der Waals surface area contributed by atoms with Gasteiger partial charge in [-0.3, -0.25) is 44.1 Å². The Bertz CT molecular complexity index is 4430. The fourth-order valence-corrected chi connectivity index (χ4v) is 26.3. The number of hydrogen-bond donors (Lipinski definition) is 8. The van der Waals surface area contributed by atoms with E-state index in [-0.39, 0.29) is 110 Å². The van der Waals surface area contributed by atoms with Crippen molar-refractivity contribution in [2.45, 2.75) is 214 Å². The number of nitrogens with zero attached hydrogens (tertiary/aromatic N) is 11. The summed E-state index contributed by atoms with van der Waals surface area (Å²) in [6.07, 6.45) is 3.16. The smallest absolute Gasteiger partial charge is 0.358 e. The number of aliphatic hydroxyl groups excluding tert-OH is 4. The number of carbonyl (C=O) groups excluding carboxylic acids is 8. The van der Waals surface area contributed by atoms with E-state index in [0.29, 0.717) is 28.7 Å². The number of aromatic nitrogens is 3. The monoisotopic (exact) mass is 1700 g/mol. The van der Waals surface area contributed by atoms with Crippen molar-refractivity contribution >= 4 is 145 Å². The fraction of sp³-hybridized carbons (Fsp3) is 0.681. The number of rotatable bonds is 18. The highest BCUT2D eigenvalue weighted by Gasteiger charge is 2.69. The van der Waals surface area contributed by atoms with Gasteiger partial charge >= 0.3 is 36.2 Å². The summed E-state index contributed by atoms with van der Waals surface area (Å²) >= 11 is 7.73. The van der Waals surface area contributed by atoms with Crippen molar-refractivity contribution in [2.75, 3.05) is 51.9 Å². The molecule has 9 saturated heterocycles. The van der Waals surface area contributed by atoms with Crippen molar-refractivity contribution in [3.63, 3.8) is 0 Å². The molecule has 15 aliphatic heterocycles. The normalized spacial score (nSPS) is 32.0. The number of aliphatic carboxylic acids is 4. The average Bonchev–Trinajstić information content (AvgIpc) is 1.59. The van der Waals surface area contributed by atoms with Crippen LogP contribution >= 0.6 is 58.8 Å². The maximum absolute atomic E-state index is 13.0. The molecule has 5 amide bonds.